The van der Waals surface area contributed by atoms with Crippen LogP contribution in [0.25, 0.3) is 11.0 Å². The third kappa shape index (κ3) is 2.50. The summed E-state index contributed by atoms with van der Waals surface area (Å²) in [6, 6.07) is 10.6. The molecule has 2 nitrogen and oxygen atoms in total. The van der Waals surface area contributed by atoms with Crippen LogP contribution >= 0.6 is 39.1 Å². The summed E-state index contributed by atoms with van der Waals surface area (Å²) in [5.41, 5.74) is 1.79. The van der Waals surface area contributed by atoms with Crippen LogP contribution in [0.2, 0.25) is 10.0 Å². The lowest BCUT2D eigenvalue weighted by atomic mass is 10.0. The zero-order valence-electron chi connectivity index (χ0n) is 10.9. The van der Waals surface area contributed by atoms with Crippen LogP contribution in [0, 0.1) is 6.92 Å². The summed E-state index contributed by atoms with van der Waals surface area (Å²) in [5.74, 6) is 0.0135. The summed E-state index contributed by atoms with van der Waals surface area (Å²) < 4.78 is 6.62. The summed E-state index contributed by atoms with van der Waals surface area (Å²) in [6.07, 6.45) is 0. The van der Waals surface area contributed by atoms with Crippen molar-refractivity contribution < 1.29 is 9.21 Å². The second kappa shape index (κ2) is 5.48. The number of ketones is 1. The van der Waals surface area contributed by atoms with Gasteiger partial charge in [0.2, 0.25) is 5.78 Å². The molecule has 0 N–H and O–H groups in total. The van der Waals surface area contributed by atoms with Crippen molar-refractivity contribution in [2.24, 2.45) is 0 Å². The van der Waals surface area contributed by atoms with Gasteiger partial charge in [0.1, 0.15) is 5.58 Å². The van der Waals surface area contributed by atoms with Crippen LogP contribution in [0.5, 0.6) is 0 Å². The van der Waals surface area contributed by atoms with E-state index in [9.17, 15) is 4.79 Å². The maximum absolute atomic E-state index is 12.6. The molecule has 0 fully saturated rings. The predicted octanol–water partition coefficient (Wildman–Crippen LogP) is 6.04. The monoisotopic (exact) mass is 382 g/mol. The van der Waals surface area contributed by atoms with Crippen LogP contribution in [-0.4, -0.2) is 5.78 Å². The lowest BCUT2D eigenvalue weighted by Crippen LogP contribution is -2.02. The highest BCUT2D eigenvalue weighted by Gasteiger charge is 2.22. The number of benzene rings is 2. The Balaban J connectivity index is 2.18. The summed E-state index contributed by atoms with van der Waals surface area (Å²) in [7, 11) is 0. The van der Waals surface area contributed by atoms with E-state index >= 15 is 0 Å². The number of halogens is 3. The van der Waals surface area contributed by atoms with Gasteiger partial charge in [-0.3, -0.25) is 4.79 Å². The number of aryl methyl sites for hydroxylation is 1. The van der Waals surface area contributed by atoms with Crippen molar-refractivity contribution in [3.63, 3.8) is 0 Å². The smallest absolute Gasteiger partial charge is 0.230 e. The molecule has 0 amide bonds. The maximum Gasteiger partial charge on any atom is 0.230 e. The SMILES string of the molecule is Cc1c(C(=O)c2cccc(Cl)c2Cl)oc2ccc(Br)cc12. The van der Waals surface area contributed by atoms with Gasteiger partial charge < -0.3 is 4.42 Å². The minimum Gasteiger partial charge on any atom is -0.452 e. The normalized spacial score (nSPS) is 11.0. The van der Waals surface area contributed by atoms with Crippen molar-refractivity contribution in [2.45, 2.75) is 6.92 Å². The summed E-state index contributed by atoms with van der Waals surface area (Å²) in [6.45, 7) is 1.85. The molecule has 3 rings (SSSR count). The quantitative estimate of drug-likeness (QED) is 0.505. The minimum atomic E-state index is -0.271. The molecule has 0 unspecified atom stereocenters. The van der Waals surface area contributed by atoms with E-state index in [1.54, 1.807) is 18.2 Å². The molecule has 0 aliphatic rings. The highest BCUT2D eigenvalue weighted by molar-refractivity contribution is 9.10. The lowest BCUT2D eigenvalue weighted by molar-refractivity contribution is 0.101. The van der Waals surface area contributed by atoms with Crippen LogP contribution in [-0.2, 0) is 0 Å². The molecular formula is C16H9BrCl2O2. The van der Waals surface area contributed by atoms with Gasteiger partial charge in [-0.1, -0.05) is 45.2 Å². The highest BCUT2D eigenvalue weighted by Crippen LogP contribution is 2.32. The Morgan fingerprint density at radius 2 is 1.95 bits per heavy atom. The van der Waals surface area contributed by atoms with Crippen LogP contribution in [0.15, 0.2) is 45.3 Å². The number of furan rings is 1. The molecule has 0 spiro atoms. The Hall–Kier alpha value is -1.29. The molecule has 0 aliphatic carbocycles. The van der Waals surface area contributed by atoms with Gasteiger partial charge >= 0.3 is 0 Å². The Labute approximate surface area is 139 Å². The third-order valence-electron chi connectivity index (χ3n) is 3.30. The number of carbonyl (C=O) groups excluding carboxylic acids is 1. The average molecular weight is 384 g/mol. The van der Waals surface area contributed by atoms with Gasteiger partial charge in [-0.2, -0.15) is 0 Å². The number of hydrogen-bond acceptors (Lipinski definition) is 2. The van der Waals surface area contributed by atoms with Gasteiger partial charge in [-0.25, -0.2) is 0 Å². The molecule has 106 valence electrons. The van der Waals surface area contributed by atoms with Crippen LogP contribution < -0.4 is 0 Å². The topological polar surface area (TPSA) is 30.2 Å². The number of carbonyl (C=O) groups is 1. The van der Waals surface area contributed by atoms with E-state index in [2.05, 4.69) is 15.9 Å². The van der Waals surface area contributed by atoms with Crippen molar-refractivity contribution in [2.75, 3.05) is 0 Å². The van der Waals surface area contributed by atoms with E-state index in [0.29, 0.717) is 16.2 Å². The molecule has 0 atom stereocenters. The molecule has 0 radical (unpaired) electrons. The predicted molar refractivity (Wildman–Crippen MR) is 88.5 cm³/mol. The van der Waals surface area contributed by atoms with Gasteiger partial charge in [0.15, 0.2) is 5.76 Å². The largest absolute Gasteiger partial charge is 0.452 e. The van der Waals surface area contributed by atoms with Crippen molar-refractivity contribution in [1.29, 1.82) is 0 Å². The summed E-state index contributed by atoms with van der Waals surface area (Å²) in [4.78, 5) is 12.6. The molecule has 0 saturated carbocycles. The van der Waals surface area contributed by atoms with E-state index in [0.717, 1.165) is 15.4 Å². The second-order valence-electron chi connectivity index (χ2n) is 4.63. The third-order valence-corrected chi connectivity index (χ3v) is 4.61. The molecule has 3 aromatic rings. The van der Waals surface area contributed by atoms with Crippen LogP contribution in [0.4, 0.5) is 0 Å². The zero-order valence-corrected chi connectivity index (χ0v) is 14.0. The fourth-order valence-corrected chi connectivity index (χ4v) is 2.96. The van der Waals surface area contributed by atoms with Gasteiger partial charge in [-0.15, -0.1) is 0 Å². The number of hydrogen-bond donors (Lipinski definition) is 0. The minimum absolute atomic E-state index is 0.241. The van der Waals surface area contributed by atoms with Gasteiger partial charge in [0, 0.05) is 21.0 Å². The average Bonchev–Trinajstić information content (AvgIpc) is 2.78. The van der Waals surface area contributed by atoms with E-state index in [4.69, 9.17) is 27.6 Å². The Morgan fingerprint density at radius 1 is 1.19 bits per heavy atom. The van der Waals surface area contributed by atoms with Gasteiger partial charge in [0.05, 0.1) is 10.0 Å². The highest BCUT2D eigenvalue weighted by atomic mass is 79.9. The molecule has 5 heteroatoms. The van der Waals surface area contributed by atoms with Crippen LogP contribution in [0.1, 0.15) is 21.7 Å². The molecule has 0 bridgehead atoms. The first-order valence-electron chi connectivity index (χ1n) is 6.16. The van der Waals surface area contributed by atoms with Gasteiger partial charge in [-0.05, 0) is 37.3 Å². The fraction of sp³-hybridized carbons (Fsp3) is 0.0625. The standard InChI is InChI=1S/C16H9BrCl2O2/c1-8-11-7-9(17)5-6-13(11)21-16(8)15(20)10-3-2-4-12(18)14(10)19/h2-7H,1H3. The van der Waals surface area contributed by atoms with Crippen molar-refractivity contribution in [3.05, 3.63) is 67.8 Å². The number of fused-ring (bicyclic) bond motifs is 1. The number of rotatable bonds is 2. The Kier molecular flexibility index (Phi) is 3.82. The molecule has 0 aliphatic heterocycles. The summed E-state index contributed by atoms with van der Waals surface area (Å²) >= 11 is 15.5. The van der Waals surface area contributed by atoms with Gasteiger partial charge in [0.25, 0.3) is 0 Å². The fourth-order valence-electron chi connectivity index (χ4n) is 2.21. The first-order valence-corrected chi connectivity index (χ1v) is 7.71. The first kappa shape index (κ1) is 14.6. The van der Waals surface area contributed by atoms with E-state index < -0.39 is 0 Å². The molecule has 21 heavy (non-hydrogen) atoms. The zero-order chi connectivity index (χ0) is 15.1. The second-order valence-corrected chi connectivity index (χ2v) is 6.33. The maximum atomic E-state index is 12.6. The molecule has 0 saturated heterocycles. The molecule has 2 aromatic carbocycles. The lowest BCUT2D eigenvalue weighted by Gasteiger charge is -2.03. The van der Waals surface area contributed by atoms with Crippen molar-refractivity contribution in [3.8, 4) is 0 Å². The first-order chi connectivity index (χ1) is 9.99. The van der Waals surface area contributed by atoms with E-state index in [1.807, 2.05) is 25.1 Å². The van der Waals surface area contributed by atoms with E-state index in [-0.39, 0.29) is 16.6 Å². The van der Waals surface area contributed by atoms with Crippen molar-refractivity contribution in [1.82, 2.24) is 0 Å². The molecule has 1 heterocycles. The molecular weight excluding hydrogens is 375 g/mol. The van der Waals surface area contributed by atoms with E-state index in [1.165, 1.54) is 0 Å². The molecule has 1 aromatic heterocycles. The van der Waals surface area contributed by atoms with Crippen molar-refractivity contribution >= 4 is 55.9 Å². The summed E-state index contributed by atoms with van der Waals surface area (Å²) in [5, 5.41) is 1.48. The Bertz CT molecular complexity index is 868. The Morgan fingerprint density at radius 3 is 2.71 bits per heavy atom. The van der Waals surface area contributed by atoms with Crippen LogP contribution in [0.3, 0.4) is 0 Å².